The highest BCUT2D eigenvalue weighted by Gasteiger charge is 2.36. The van der Waals surface area contributed by atoms with Crippen LogP contribution in [0.1, 0.15) is 32.1 Å². The quantitative estimate of drug-likeness (QED) is 0.754. The molecule has 0 aromatic heterocycles. The molecule has 0 bridgehead atoms. The van der Waals surface area contributed by atoms with Gasteiger partial charge in [0.05, 0.1) is 5.60 Å². The van der Waals surface area contributed by atoms with Crippen LogP contribution in [0.3, 0.4) is 0 Å². The predicted octanol–water partition coefficient (Wildman–Crippen LogP) is 0.927. The molecule has 1 N–H and O–H groups in total. The van der Waals surface area contributed by atoms with Crippen molar-refractivity contribution in [1.82, 2.24) is 9.80 Å². The van der Waals surface area contributed by atoms with Crippen molar-refractivity contribution in [1.29, 1.82) is 0 Å². The van der Waals surface area contributed by atoms with E-state index in [4.69, 9.17) is 0 Å². The molecule has 88 valence electrons. The zero-order valence-electron chi connectivity index (χ0n) is 10.1. The maximum Gasteiger partial charge on any atom is 0.0774 e. The van der Waals surface area contributed by atoms with Crippen LogP contribution < -0.4 is 0 Å². The van der Waals surface area contributed by atoms with Crippen molar-refractivity contribution in [3.63, 3.8) is 0 Å². The number of β-amino-alcohol motifs (C(OH)–C–C–N with tert-alkyl or cyclic N) is 1. The van der Waals surface area contributed by atoms with Gasteiger partial charge < -0.3 is 14.9 Å². The minimum atomic E-state index is -0.328. The summed E-state index contributed by atoms with van der Waals surface area (Å²) in [5.74, 6) is 0. The predicted molar refractivity (Wildman–Crippen MR) is 61.9 cm³/mol. The van der Waals surface area contributed by atoms with E-state index in [2.05, 4.69) is 23.9 Å². The first-order valence-electron chi connectivity index (χ1n) is 6.20. The van der Waals surface area contributed by atoms with Crippen LogP contribution in [0.4, 0.5) is 0 Å². The van der Waals surface area contributed by atoms with E-state index in [0.29, 0.717) is 0 Å². The van der Waals surface area contributed by atoms with E-state index in [1.807, 2.05) is 0 Å². The molecule has 0 aromatic carbocycles. The smallest absolute Gasteiger partial charge is 0.0774 e. The SMILES string of the molecule is CN(C)C1CCN(CC2(O)CCC2)CC1. The van der Waals surface area contributed by atoms with Crippen LogP contribution in [0.2, 0.25) is 0 Å². The van der Waals surface area contributed by atoms with Crippen LogP contribution >= 0.6 is 0 Å². The summed E-state index contributed by atoms with van der Waals surface area (Å²) < 4.78 is 0. The maximum absolute atomic E-state index is 10.1. The number of hydrogen-bond acceptors (Lipinski definition) is 3. The number of hydrogen-bond donors (Lipinski definition) is 1. The Labute approximate surface area is 93.1 Å². The Kier molecular flexibility index (Phi) is 3.33. The minimum absolute atomic E-state index is 0.328. The van der Waals surface area contributed by atoms with Gasteiger partial charge >= 0.3 is 0 Å². The Bertz CT molecular complexity index is 206. The molecule has 0 atom stereocenters. The lowest BCUT2D eigenvalue weighted by Crippen LogP contribution is -2.51. The second kappa shape index (κ2) is 4.40. The van der Waals surface area contributed by atoms with Crippen LogP contribution in [-0.4, -0.2) is 60.3 Å². The molecule has 0 aromatic rings. The van der Waals surface area contributed by atoms with Crippen molar-refractivity contribution >= 4 is 0 Å². The molecule has 2 aliphatic rings. The fourth-order valence-electron chi connectivity index (χ4n) is 2.75. The van der Waals surface area contributed by atoms with Crippen molar-refractivity contribution in [2.24, 2.45) is 0 Å². The third-order valence-electron chi connectivity index (χ3n) is 4.09. The van der Waals surface area contributed by atoms with Crippen molar-refractivity contribution < 1.29 is 5.11 Å². The number of nitrogens with zero attached hydrogens (tertiary/aromatic N) is 2. The number of likely N-dealkylation sites (tertiary alicyclic amines) is 1. The summed E-state index contributed by atoms with van der Waals surface area (Å²) in [6.07, 6.45) is 5.75. The summed E-state index contributed by atoms with van der Waals surface area (Å²) in [6.45, 7) is 3.23. The maximum atomic E-state index is 10.1. The lowest BCUT2D eigenvalue weighted by atomic mass is 9.79. The summed E-state index contributed by atoms with van der Waals surface area (Å²) in [4.78, 5) is 4.77. The van der Waals surface area contributed by atoms with Crippen LogP contribution in [0, 0.1) is 0 Å². The molecule has 2 fully saturated rings. The Morgan fingerprint density at radius 1 is 1.27 bits per heavy atom. The van der Waals surface area contributed by atoms with Gasteiger partial charge in [0.25, 0.3) is 0 Å². The number of aliphatic hydroxyl groups is 1. The van der Waals surface area contributed by atoms with Crippen LogP contribution in [0.15, 0.2) is 0 Å². The van der Waals surface area contributed by atoms with Crippen LogP contribution in [0.25, 0.3) is 0 Å². The normalized spacial score (nSPS) is 28.0. The van der Waals surface area contributed by atoms with Gasteiger partial charge in [0.15, 0.2) is 0 Å². The zero-order valence-corrected chi connectivity index (χ0v) is 10.1. The second-order valence-electron chi connectivity index (χ2n) is 5.55. The second-order valence-corrected chi connectivity index (χ2v) is 5.55. The molecule has 1 heterocycles. The van der Waals surface area contributed by atoms with Crippen molar-refractivity contribution in [2.45, 2.75) is 43.7 Å². The van der Waals surface area contributed by atoms with Gasteiger partial charge in [0.1, 0.15) is 0 Å². The van der Waals surface area contributed by atoms with Crippen molar-refractivity contribution in [3.8, 4) is 0 Å². The lowest BCUT2D eigenvalue weighted by Gasteiger charge is -2.43. The van der Waals surface area contributed by atoms with E-state index >= 15 is 0 Å². The molecule has 15 heavy (non-hydrogen) atoms. The largest absolute Gasteiger partial charge is 0.389 e. The molecule has 1 aliphatic carbocycles. The van der Waals surface area contributed by atoms with Gasteiger partial charge in [-0.05, 0) is 59.3 Å². The first-order chi connectivity index (χ1) is 7.09. The highest BCUT2D eigenvalue weighted by Crippen LogP contribution is 2.33. The van der Waals surface area contributed by atoms with Gasteiger partial charge in [-0.3, -0.25) is 0 Å². The third-order valence-corrected chi connectivity index (χ3v) is 4.09. The Morgan fingerprint density at radius 3 is 2.27 bits per heavy atom. The molecular weight excluding hydrogens is 188 g/mol. The van der Waals surface area contributed by atoms with E-state index < -0.39 is 0 Å². The van der Waals surface area contributed by atoms with Gasteiger partial charge in [-0.2, -0.15) is 0 Å². The summed E-state index contributed by atoms with van der Waals surface area (Å²) in [7, 11) is 4.33. The van der Waals surface area contributed by atoms with Gasteiger partial charge in [-0.15, -0.1) is 0 Å². The standard InChI is InChI=1S/C12H24N2O/c1-13(2)11-4-8-14(9-5-11)10-12(15)6-3-7-12/h11,15H,3-10H2,1-2H3. The Balaban J connectivity index is 1.73. The van der Waals surface area contributed by atoms with Gasteiger partial charge in [0, 0.05) is 12.6 Å². The summed E-state index contributed by atoms with van der Waals surface area (Å²) >= 11 is 0. The Hall–Kier alpha value is -0.120. The monoisotopic (exact) mass is 212 g/mol. The molecule has 3 nitrogen and oxygen atoms in total. The molecular formula is C12H24N2O. The minimum Gasteiger partial charge on any atom is -0.389 e. The van der Waals surface area contributed by atoms with E-state index in [9.17, 15) is 5.11 Å². The topological polar surface area (TPSA) is 26.7 Å². The molecule has 3 heteroatoms. The van der Waals surface area contributed by atoms with Gasteiger partial charge in [0.2, 0.25) is 0 Å². The summed E-state index contributed by atoms with van der Waals surface area (Å²) in [5, 5.41) is 10.1. The highest BCUT2D eigenvalue weighted by atomic mass is 16.3. The van der Waals surface area contributed by atoms with Gasteiger partial charge in [-0.25, -0.2) is 0 Å². The zero-order chi connectivity index (χ0) is 10.9. The molecule has 0 amide bonds. The summed E-state index contributed by atoms with van der Waals surface area (Å²) in [6, 6.07) is 0.747. The van der Waals surface area contributed by atoms with E-state index in [0.717, 1.165) is 38.5 Å². The van der Waals surface area contributed by atoms with Crippen LogP contribution in [0.5, 0.6) is 0 Å². The van der Waals surface area contributed by atoms with E-state index in [1.165, 1.54) is 19.3 Å². The third kappa shape index (κ3) is 2.71. The van der Waals surface area contributed by atoms with Crippen molar-refractivity contribution in [3.05, 3.63) is 0 Å². The molecule has 0 unspecified atom stereocenters. The average molecular weight is 212 g/mol. The fraction of sp³-hybridized carbons (Fsp3) is 1.00. The van der Waals surface area contributed by atoms with Gasteiger partial charge in [-0.1, -0.05) is 0 Å². The van der Waals surface area contributed by atoms with Crippen LogP contribution in [-0.2, 0) is 0 Å². The van der Waals surface area contributed by atoms with E-state index in [1.54, 1.807) is 0 Å². The molecule has 0 spiro atoms. The number of piperidine rings is 1. The first kappa shape index (κ1) is 11.4. The molecule has 1 aliphatic heterocycles. The average Bonchev–Trinajstić information content (AvgIpc) is 2.16. The first-order valence-corrected chi connectivity index (χ1v) is 6.20. The molecule has 1 saturated carbocycles. The molecule has 2 rings (SSSR count). The molecule has 0 radical (unpaired) electrons. The molecule has 1 saturated heterocycles. The number of rotatable bonds is 3. The highest BCUT2D eigenvalue weighted by molar-refractivity contribution is 4.91. The van der Waals surface area contributed by atoms with Crippen molar-refractivity contribution in [2.75, 3.05) is 33.7 Å². The summed E-state index contributed by atoms with van der Waals surface area (Å²) in [5.41, 5.74) is -0.328. The van der Waals surface area contributed by atoms with E-state index in [-0.39, 0.29) is 5.60 Å². The Morgan fingerprint density at radius 2 is 1.87 bits per heavy atom. The fourth-order valence-corrected chi connectivity index (χ4v) is 2.75. The lowest BCUT2D eigenvalue weighted by molar-refractivity contribution is -0.0642.